The van der Waals surface area contributed by atoms with Gasteiger partial charge in [0.15, 0.2) is 0 Å². The van der Waals surface area contributed by atoms with Crippen LogP contribution in [0.1, 0.15) is 65.7 Å². The molecule has 1 aliphatic carbocycles. The van der Waals surface area contributed by atoms with Gasteiger partial charge in [-0.1, -0.05) is 20.8 Å². The first-order valence-electron chi connectivity index (χ1n) is 7.85. The van der Waals surface area contributed by atoms with E-state index in [9.17, 15) is 0 Å². The Morgan fingerprint density at radius 2 is 1.83 bits per heavy atom. The molecule has 0 radical (unpaired) electrons. The van der Waals surface area contributed by atoms with Crippen molar-refractivity contribution in [3.8, 4) is 0 Å². The molecule has 0 aromatic rings. The number of hydrogen-bond acceptors (Lipinski definition) is 2. The lowest BCUT2D eigenvalue weighted by atomic mass is 9.75. The van der Waals surface area contributed by atoms with Crippen LogP contribution in [0, 0.1) is 11.3 Å². The van der Waals surface area contributed by atoms with E-state index in [1.54, 1.807) is 0 Å². The molecule has 2 nitrogen and oxygen atoms in total. The summed E-state index contributed by atoms with van der Waals surface area (Å²) in [6.45, 7) is 9.26. The van der Waals surface area contributed by atoms with Crippen LogP contribution in [0.3, 0.4) is 0 Å². The minimum atomic E-state index is 0.590. The topological polar surface area (TPSA) is 29.3 Å². The van der Waals surface area contributed by atoms with Crippen molar-refractivity contribution >= 4 is 0 Å². The Bertz CT molecular complexity index is 215. The summed E-state index contributed by atoms with van der Waals surface area (Å²) in [4.78, 5) is 2.60. The van der Waals surface area contributed by atoms with Gasteiger partial charge in [0.25, 0.3) is 0 Å². The van der Waals surface area contributed by atoms with E-state index in [1.807, 2.05) is 0 Å². The molecule has 0 saturated heterocycles. The fourth-order valence-corrected chi connectivity index (χ4v) is 3.13. The fourth-order valence-electron chi connectivity index (χ4n) is 3.13. The van der Waals surface area contributed by atoms with Gasteiger partial charge in [-0.05, 0) is 76.4 Å². The predicted molar refractivity (Wildman–Crippen MR) is 80.7 cm³/mol. The molecule has 0 heterocycles. The second-order valence-electron chi connectivity index (χ2n) is 7.20. The molecule has 0 amide bonds. The molecule has 2 heteroatoms. The van der Waals surface area contributed by atoms with Gasteiger partial charge in [0.1, 0.15) is 0 Å². The van der Waals surface area contributed by atoms with Crippen LogP contribution in [0.5, 0.6) is 0 Å². The zero-order valence-electron chi connectivity index (χ0n) is 13.0. The summed E-state index contributed by atoms with van der Waals surface area (Å²) in [7, 11) is 2.32. The highest BCUT2D eigenvalue weighted by Gasteiger charge is 2.28. The lowest BCUT2D eigenvalue weighted by Crippen LogP contribution is -2.37. The molecule has 1 saturated carbocycles. The molecule has 0 spiro atoms. The summed E-state index contributed by atoms with van der Waals surface area (Å²) in [5.74, 6) is 0.800. The van der Waals surface area contributed by atoms with Crippen molar-refractivity contribution in [3.05, 3.63) is 0 Å². The number of hydrogen-bond donors (Lipinski definition) is 1. The monoisotopic (exact) mass is 254 g/mol. The van der Waals surface area contributed by atoms with Gasteiger partial charge in [-0.3, -0.25) is 0 Å². The SMILES string of the molecule is CC(CCN)CCCN(C)C1CCC(C)(C)CC1. The molecule has 0 bridgehead atoms. The predicted octanol–water partition coefficient (Wildman–Crippen LogP) is 3.65. The summed E-state index contributed by atoms with van der Waals surface area (Å²) < 4.78 is 0. The van der Waals surface area contributed by atoms with Crippen molar-refractivity contribution in [1.29, 1.82) is 0 Å². The van der Waals surface area contributed by atoms with Gasteiger partial charge in [0, 0.05) is 6.04 Å². The van der Waals surface area contributed by atoms with Crippen molar-refractivity contribution < 1.29 is 0 Å². The molecule has 108 valence electrons. The largest absolute Gasteiger partial charge is 0.330 e. The minimum Gasteiger partial charge on any atom is -0.330 e. The van der Waals surface area contributed by atoms with Crippen molar-refractivity contribution in [3.63, 3.8) is 0 Å². The third-order valence-electron chi connectivity index (χ3n) is 4.80. The van der Waals surface area contributed by atoms with Crippen LogP contribution < -0.4 is 5.73 Å². The molecule has 1 fully saturated rings. The molecule has 1 atom stereocenters. The first kappa shape index (κ1) is 16.0. The zero-order valence-corrected chi connectivity index (χ0v) is 13.0. The van der Waals surface area contributed by atoms with Gasteiger partial charge >= 0.3 is 0 Å². The Morgan fingerprint density at radius 1 is 1.22 bits per heavy atom. The fraction of sp³-hybridized carbons (Fsp3) is 1.00. The van der Waals surface area contributed by atoms with Gasteiger partial charge < -0.3 is 10.6 Å². The van der Waals surface area contributed by atoms with Crippen molar-refractivity contribution in [1.82, 2.24) is 4.90 Å². The van der Waals surface area contributed by atoms with Gasteiger partial charge in [0.2, 0.25) is 0 Å². The van der Waals surface area contributed by atoms with Crippen LogP contribution in [0.15, 0.2) is 0 Å². The van der Waals surface area contributed by atoms with Gasteiger partial charge in [-0.15, -0.1) is 0 Å². The van der Waals surface area contributed by atoms with E-state index in [2.05, 4.69) is 32.7 Å². The highest BCUT2D eigenvalue weighted by molar-refractivity contribution is 4.82. The van der Waals surface area contributed by atoms with Gasteiger partial charge in [0.05, 0.1) is 0 Å². The van der Waals surface area contributed by atoms with E-state index in [4.69, 9.17) is 5.73 Å². The average molecular weight is 254 g/mol. The molecule has 1 aliphatic rings. The van der Waals surface area contributed by atoms with E-state index in [-0.39, 0.29) is 0 Å². The summed E-state index contributed by atoms with van der Waals surface area (Å²) in [6, 6.07) is 0.836. The summed E-state index contributed by atoms with van der Waals surface area (Å²) in [6.07, 6.45) is 9.42. The Balaban J connectivity index is 2.15. The van der Waals surface area contributed by atoms with Crippen molar-refractivity contribution in [2.75, 3.05) is 20.1 Å². The van der Waals surface area contributed by atoms with E-state index in [0.29, 0.717) is 5.41 Å². The first-order valence-corrected chi connectivity index (χ1v) is 7.85. The Hall–Kier alpha value is -0.0800. The maximum absolute atomic E-state index is 5.59. The van der Waals surface area contributed by atoms with Crippen molar-refractivity contribution in [2.45, 2.75) is 71.8 Å². The van der Waals surface area contributed by atoms with E-state index in [0.717, 1.165) is 18.5 Å². The highest BCUT2D eigenvalue weighted by Crippen LogP contribution is 2.36. The lowest BCUT2D eigenvalue weighted by molar-refractivity contribution is 0.125. The molecule has 2 N–H and O–H groups in total. The molecular formula is C16H34N2. The third-order valence-corrected chi connectivity index (χ3v) is 4.80. The molecule has 1 rings (SSSR count). The molecule has 0 aromatic carbocycles. The van der Waals surface area contributed by atoms with Crippen LogP contribution in [-0.4, -0.2) is 31.1 Å². The van der Waals surface area contributed by atoms with E-state index in [1.165, 1.54) is 51.5 Å². The number of nitrogens with zero attached hydrogens (tertiary/aromatic N) is 1. The average Bonchev–Trinajstić information content (AvgIpc) is 2.29. The van der Waals surface area contributed by atoms with Crippen LogP contribution in [-0.2, 0) is 0 Å². The molecule has 18 heavy (non-hydrogen) atoms. The first-order chi connectivity index (χ1) is 8.44. The molecular weight excluding hydrogens is 220 g/mol. The maximum atomic E-state index is 5.59. The van der Waals surface area contributed by atoms with Crippen LogP contribution in [0.4, 0.5) is 0 Å². The zero-order chi connectivity index (χ0) is 13.6. The molecule has 0 aliphatic heterocycles. The Kier molecular flexibility index (Phi) is 6.65. The van der Waals surface area contributed by atoms with Gasteiger partial charge in [-0.25, -0.2) is 0 Å². The lowest BCUT2D eigenvalue weighted by Gasteiger charge is -2.38. The summed E-state index contributed by atoms with van der Waals surface area (Å²) in [5, 5.41) is 0. The summed E-state index contributed by atoms with van der Waals surface area (Å²) >= 11 is 0. The standard InChI is InChI=1S/C16H34N2/c1-14(9-12-17)6-5-13-18(4)15-7-10-16(2,3)11-8-15/h14-15H,5-13,17H2,1-4H3. The molecule has 0 aromatic heterocycles. The third kappa shape index (κ3) is 5.71. The maximum Gasteiger partial charge on any atom is 0.00926 e. The quantitative estimate of drug-likeness (QED) is 0.751. The van der Waals surface area contributed by atoms with E-state index >= 15 is 0 Å². The number of nitrogens with two attached hydrogens (primary N) is 1. The second-order valence-corrected chi connectivity index (χ2v) is 7.20. The molecule has 1 unspecified atom stereocenters. The smallest absolute Gasteiger partial charge is 0.00926 e. The van der Waals surface area contributed by atoms with E-state index < -0.39 is 0 Å². The second kappa shape index (κ2) is 7.49. The van der Waals surface area contributed by atoms with Gasteiger partial charge in [-0.2, -0.15) is 0 Å². The Morgan fingerprint density at radius 3 is 2.39 bits per heavy atom. The Labute approximate surface area is 114 Å². The number of rotatable bonds is 7. The summed E-state index contributed by atoms with van der Waals surface area (Å²) in [5.41, 5.74) is 6.18. The van der Waals surface area contributed by atoms with Crippen LogP contribution in [0.2, 0.25) is 0 Å². The van der Waals surface area contributed by atoms with Crippen LogP contribution >= 0.6 is 0 Å². The van der Waals surface area contributed by atoms with Crippen molar-refractivity contribution in [2.24, 2.45) is 17.1 Å². The normalized spacial score (nSPS) is 22.3. The minimum absolute atomic E-state index is 0.590. The highest BCUT2D eigenvalue weighted by atomic mass is 15.1. The van der Waals surface area contributed by atoms with Crippen LogP contribution in [0.25, 0.3) is 0 Å².